The molecule has 96 valence electrons. The predicted octanol–water partition coefficient (Wildman–Crippen LogP) is 1.16. The van der Waals surface area contributed by atoms with E-state index in [1.165, 1.54) is 0 Å². The van der Waals surface area contributed by atoms with Crippen molar-refractivity contribution in [3.63, 3.8) is 0 Å². The van der Waals surface area contributed by atoms with Crippen LogP contribution in [0.3, 0.4) is 0 Å². The maximum Gasteiger partial charge on any atom is 0.253 e. The standard InChI is InChI=1S/C12H15N3O3/c1-16-9-2-4-10(5-3-9)17-8-12-15-14-11(18-12)6-7-13/h2-5H,6-8,13H2,1H3. The molecule has 6 nitrogen and oxygen atoms in total. The number of benzene rings is 1. The smallest absolute Gasteiger partial charge is 0.253 e. The Hall–Kier alpha value is -2.08. The molecule has 0 radical (unpaired) electrons. The van der Waals surface area contributed by atoms with Crippen LogP contribution in [0, 0.1) is 0 Å². The molecule has 0 bridgehead atoms. The first-order chi connectivity index (χ1) is 8.81. The summed E-state index contributed by atoms with van der Waals surface area (Å²) in [7, 11) is 1.62. The molecule has 2 aromatic rings. The quantitative estimate of drug-likeness (QED) is 0.827. The van der Waals surface area contributed by atoms with E-state index in [9.17, 15) is 0 Å². The minimum atomic E-state index is 0.240. The monoisotopic (exact) mass is 249 g/mol. The summed E-state index contributed by atoms with van der Waals surface area (Å²) in [5, 5.41) is 7.71. The second-order valence-electron chi connectivity index (χ2n) is 3.59. The van der Waals surface area contributed by atoms with Gasteiger partial charge in [-0.1, -0.05) is 0 Å². The molecule has 0 saturated carbocycles. The van der Waals surface area contributed by atoms with Crippen molar-refractivity contribution >= 4 is 0 Å². The van der Waals surface area contributed by atoms with Gasteiger partial charge in [0.1, 0.15) is 11.5 Å². The van der Waals surface area contributed by atoms with Gasteiger partial charge < -0.3 is 19.6 Å². The van der Waals surface area contributed by atoms with E-state index in [1.54, 1.807) is 7.11 Å². The fourth-order valence-electron chi connectivity index (χ4n) is 1.39. The molecule has 1 aromatic heterocycles. The summed E-state index contributed by atoms with van der Waals surface area (Å²) in [6.07, 6.45) is 0.579. The molecule has 0 saturated heterocycles. The SMILES string of the molecule is COc1ccc(OCc2nnc(CCN)o2)cc1. The number of hydrogen-bond acceptors (Lipinski definition) is 6. The molecule has 1 aromatic carbocycles. The van der Waals surface area contributed by atoms with Crippen LogP contribution < -0.4 is 15.2 Å². The van der Waals surface area contributed by atoms with Gasteiger partial charge in [0.2, 0.25) is 5.89 Å². The first-order valence-electron chi connectivity index (χ1n) is 5.60. The zero-order valence-corrected chi connectivity index (χ0v) is 10.1. The molecule has 0 aliphatic carbocycles. The number of methoxy groups -OCH3 is 1. The zero-order chi connectivity index (χ0) is 12.8. The topological polar surface area (TPSA) is 83.4 Å². The van der Waals surface area contributed by atoms with Gasteiger partial charge in [-0.25, -0.2) is 0 Å². The fraction of sp³-hybridized carbons (Fsp3) is 0.333. The number of aromatic nitrogens is 2. The van der Waals surface area contributed by atoms with Crippen molar-refractivity contribution in [2.45, 2.75) is 13.0 Å². The Morgan fingerprint density at radius 3 is 2.44 bits per heavy atom. The lowest BCUT2D eigenvalue weighted by Gasteiger charge is -2.04. The first kappa shape index (κ1) is 12.4. The van der Waals surface area contributed by atoms with Crippen LogP contribution in [0.2, 0.25) is 0 Å². The average Bonchev–Trinajstić information content (AvgIpc) is 2.85. The Morgan fingerprint density at radius 1 is 1.11 bits per heavy atom. The summed E-state index contributed by atoms with van der Waals surface area (Å²) in [4.78, 5) is 0. The lowest BCUT2D eigenvalue weighted by atomic mass is 10.3. The number of nitrogens with two attached hydrogens (primary N) is 1. The highest BCUT2D eigenvalue weighted by molar-refractivity contribution is 5.31. The van der Waals surface area contributed by atoms with Gasteiger partial charge in [-0.3, -0.25) is 0 Å². The second kappa shape index (κ2) is 6.02. The van der Waals surface area contributed by atoms with Crippen LogP contribution in [0.1, 0.15) is 11.8 Å². The summed E-state index contributed by atoms with van der Waals surface area (Å²) >= 11 is 0. The lowest BCUT2D eigenvalue weighted by molar-refractivity contribution is 0.258. The van der Waals surface area contributed by atoms with Crippen molar-refractivity contribution in [2.24, 2.45) is 5.73 Å². The Bertz CT molecular complexity index is 482. The molecule has 0 aliphatic rings. The highest BCUT2D eigenvalue weighted by atomic mass is 16.5. The van der Waals surface area contributed by atoms with Crippen molar-refractivity contribution in [3.05, 3.63) is 36.0 Å². The van der Waals surface area contributed by atoms with E-state index in [0.717, 1.165) is 11.5 Å². The van der Waals surface area contributed by atoms with E-state index in [-0.39, 0.29) is 6.61 Å². The van der Waals surface area contributed by atoms with E-state index in [4.69, 9.17) is 19.6 Å². The van der Waals surface area contributed by atoms with Gasteiger partial charge in [-0.15, -0.1) is 10.2 Å². The number of ether oxygens (including phenoxy) is 2. The van der Waals surface area contributed by atoms with Crippen molar-refractivity contribution < 1.29 is 13.9 Å². The van der Waals surface area contributed by atoms with Crippen molar-refractivity contribution in [1.29, 1.82) is 0 Å². The summed E-state index contributed by atoms with van der Waals surface area (Å²) in [6.45, 7) is 0.727. The normalized spacial score (nSPS) is 10.3. The summed E-state index contributed by atoms with van der Waals surface area (Å²) in [6, 6.07) is 7.28. The Balaban J connectivity index is 1.89. The molecule has 0 spiro atoms. The zero-order valence-electron chi connectivity index (χ0n) is 10.1. The maximum absolute atomic E-state index is 5.50. The van der Waals surface area contributed by atoms with Crippen LogP contribution in [0.4, 0.5) is 0 Å². The van der Waals surface area contributed by atoms with Gasteiger partial charge in [-0.2, -0.15) is 0 Å². The number of hydrogen-bond donors (Lipinski definition) is 1. The fourth-order valence-corrected chi connectivity index (χ4v) is 1.39. The first-order valence-corrected chi connectivity index (χ1v) is 5.60. The van der Waals surface area contributed by atoms with Crippen LogP contribution in [0.25, 0.3) is 0 Å². The van der Waals surface area contributed by atoms with Gasteiger partial charge >= 0.3 is 0 Å². The minimum Gasteiger partial charge on any atom is -0.497 e. The Labute approximate surface area is 105 Å². The molecule has 0 unspecified atom stereocenters. The third-order valence-corrected chi connectivity index (χ3v) is 2.29. The van der Waals surface area contributed by atoms with Gasteiger partial charge in [0.25, 0.3) is 5.89 Å². The largest absolute Gasteiger partial charge is 0.497 e. The van der Waals surface area contributed by atoms with Crippen molar-refractivity contribution in [3.8, 4) is 11.5 Å². The van der Waals surface area contributed by atoms with Crippen LogP contribution in [0.15, 0.2) is 28.7 Å². The number of nitrogens with zero attached hydrogens (tertiary/aromatic N) is 2. The highest BCUT2D eigenvalue weighted by Crippen LogP contribution is 2.17. The van der Waals surface area contributed by atoms with Gasteiger partial charge in [-0.05, 0) is 24.3 Å². The molecule has 0 atom stereocenters. The van der Waals surface area contributed by atoms with E-state index in [1.807, 2.05) is 24.3 Å². The molecule has 0 fully saturated rings. The van der Waals surface area contributed by atoms with E-state index in [0.29, 0.717) is 24.7 Å². The van der Waals surface area contributed by atoms with Gasteiger partial charge in [0.05, 0.1) is 7.11 Å². The summed E-state index contributed by atoms with van der Waals surface area (Å²) in [5.74, 6) is 2.47. The van der Waals surface area contributed by atoms with Gasteiger partial charge in [0.15, 0.2) is 6.61 Å². The third kappa shape index (κ3) is 3.21. The Morgan fingerprint density at radius 2 is 1.78 bits per heavy atom. The molecular weight excluding hydrogens is 234 g/mol. The summed E-state index contributed by atoms with van der Waals surface area (Å²) < 4.78 is 15.9. The molecule has 1 heterocycles. The van der Waals surface area contributed by atoms with Crippen molar-refractivity contribution in [1.82, 2.24) is 10.2 Å². The van der Waals surface area contributed by atoms with E-state index >= 15 is 0 Å². The predicted molar refractivity (Wildman–Crippen MR) is 64.4 cm³/mol. The second-order valence-corrected chi connectivity index (χ2v) is 3.59. The number of rotatable bonds is 6. The molecule has 2 rings (SSSR count). The molecule has 0 aliphatic heterocycles. The van der Waals surface area contributed by atoms with E-state index in [2.05, 4.69) is 10.2 Å². The highest BCUT2D eigenvalue weighted by Gasteiger charge is 2.05. The van der Waals surface area contributed by atoms with Gasteiger partial charge in [0, 0.05) is 13.0 Å². The molecular formula is C12H15N3O3. The average molecular weight is 249 g/mol. The third-order valence-electron chi connectivity index (χ3n) is 2.29. The maximum atomic E-state index is 5.50. The van der Waals surface area contributed by atoms with Crippen molar-refractivity contribution in [2.75, 3.05) is 13.7 Å². The van der Waals surface area contributed by atoms with E-state index < -0.39 is 0 Å². The molecule has 18 heavy (non-hydrogen) atoms. The van der Waals surface area contributed by atoms with Crippen LogP contribution in [0.5, 0.6) is 11.5 Å². The van der Waals surface area contributed by atoms with Crippen LogP contribution in [-0.4, -0.2) is 23.9 Å². The minimum absolute atomic E-state index is 0.240. The van der Waals surface area contributed by atoms with Crippen LogP contribution in [-0.2, 0) is 13.0 Å². The summed E-state index contributed by atoms with van der Waals surface area (Å²) in [5.41, 5.74) is 5.39. The molecule has 6 heteroatoms. The molecule has 0 amide bonds. The lowest BCUT2D eigenvalue weighted by Crippen LogP contribution is -2.02. The molecule has 2 N–H and O–H groups in total. The van der Waals surface area contributed by atoms with Crippen LogP contribution >= 0.6 is 0 Å². The Kier molecular flexibility index (Phi) is 4.14.